The Morgan fingerprint density at radius 1 is 0.944 bits per heavy atom. The van der Waals surface area contributed by atoms with Gasteiger partial charge in [-0.2, -0.15) is 0 Å². The molecule has 0 unspecified atom stereocenters. The molecule has 2 aromatic rings. The van der Waals surface area contributed by atoms with Gasteiger partial charge in [0.15, 0.2) is 0 Å². The van der Waals surface area contributed by atoms with E-state index in [0.29, 0.717) is 0 Å². The summed E-state index contributed by atoms with van der Waals surface area (Å²) in [4.78, 5) is 4.06. The summed E-state index contributed by atoms with van der Waals surface area (Å²) in [5.41, 5.74) is 4.33. The molecule has 0 amide bonds. The molecule has 0 atom stereocenters. The van der Waals surface area contributed by atoms with E-state index in [-0.39, 0.29) is 5.41 Å². The molecule has 94 valence electrons. The summed E-state index contributed by atoms with van der Waals surface area (Å²) < 4.78 is 0. The number of hydrogen-bond acceptors (Lipinski definition) is 1. The van der Waals surface area contributed by atoms with E-state index in [1.165, 1.54) is 16.7 Å². The fourth-order valence-electron chi connectivity index (χ4n) is 2.16. The lowest BCUT2D eigenvalue weighted by Gasteiger charge is -2.25. The van der Waals surface area contributed by atoms with Crippen LogP contribution in [-0.2, 0) is 11.8 Å². The SMILES string of the molecule is Cc1ccc(C(C)(C)CCc2ccncc2)cc1. The standard InChI is InChI=1S/C17H21N/c1-14-4-6-16(7-5-14)17(2,3)11-8-15-9-12-18-13-10-15/h4-7,9-10,12-13H,8,11H2,1-3H3. The molecule has 0 fully saturated rings. The molecule has 0 N–H and O–H groups in total. The Labute approximate surface area is 110 Å². The third kappa shape index (κ3) is 3.19. The quantitative estimate of drug-likeness (QED) is 0.775. The monoisotopic (exact) mass is 239 g/mol. The number of pyridine rings is 1. The summed E-state index contributed by atoms with van der Waals surface area (Å²) in [6.07, 6.45) is 5.99. The van der Waals surface area contributed by atoms with Gasteiger partial charge in [0.2, 0.25) is 0 Å². The first kappa shape index (κ1) is 12.8. The van der Waals surface area contributed by atoms with Crippen LogP contribution >= 0.6 is 0 Å². The molecule has 1 heterocycles. The van der Waals surface area contributed by atoms with Crippen LogP contribution in [0.25, 0.3) is 0 Å². The molecule has 1 aromatic heterocycles. The zero-order chi connectivity index (χ0) is 13.0. The van der Waals surface area contributed by atoms with Gasteiger partial charge in [-0.1, -0.05) is 43.7 Å². The zero-order valence-corrected chi connectivity index (χ0v) is 11.5. The number of nitrogens with zero attached hydrogens (tertiary/aromatic N) is 1. The van der Waals surface area contributed by atoms with Crippen molar-refractivity contribution in [3.63, 3.8) is 0 Å². The Balaban J connectivity index is 2.05. The molecule has 0 bridgehead atoms. The molecular weight excluding hydrogens is 218 g/mol. The largest absolute Gasteiger partial charge is 0.265 e. The van der Waals surface area contributed by atoms with Crippen LogP contribution in [0.5, 0.6) is 0 Å². The van der Waals surface area contributed by atoms with Crippen molar-refractivity contribution in [2.45, 2.75) is 39.0 Å². The first-order valence-corrected chi connectivity index (χ1v) is 6.54. The number of aromatic nitrogens is 1. The first-order chi connectivity index (χ1) is 8.58. The van der Waals surface area contributed by atoms with Gasteiger partial charge in [-0.25, -0.2) is 0 Å². The maximum absolute atomic E-state index is 4.06. The van der Waals surface area contributed by atoms with Crippen molar-refractivity contribution >= 4 is 0 Å². The molecule has 2 rings (SSSR count). The molecule has 1 nitrogen and oxygen atoms in total. The third-order valence-electron chi connectivity index (χ3n) is 3.62. The maximum atomic E-state index is 4.06. The van der Waals surface area contributed by atoms with E-state index in [1.807, 2.05) is 12.4 Å². The Hall–Kier alpha value is -1.63. The molecule has 0 aliphatic rings. The molecule has 0 aliphatic carbocycles. The van der Waals surface area contributed by atoms with Crippen LogP contribution in [0.15, 0.2) is 48.8 Å². The number of rotatable bonds is 4. The highest BCUT2D eigenvalue weighted by Crippen LogP contribution is 2.28. The maximum Gasteiger partial charge on any atom is 0.0270 e. The predicted molar refractivity (Wildman–Crippen MR) is 76.8 cm³/mol. The van der Waals surface area contributed by atoms with Crippen molar-refractivity contribution in [1.82, 2.24) is 4.98 Å². The van der Waals surface area contributed by atoms with Gasteiger partial charge in [0.1, 0.15) is 0 Å². The fraction of sp³-hybridized carbons (Fsp3) is 0.353. The van der Waals surface area contributed by atoms with E-state index >= 15 is 0 Å². The van der Waals surface area contributed by atoms with E-state index in [2.05, 4.69) is 62.2 Å². The molecule has 0 spiro atoms. The summed E-state index contributed by atoms with van der Waals surface area (Å²) in [6.45, 7) is 6.77. The van der Waals surface area contributed by atoms with E-state index in [0.717, 1.165) is 12.8 Å². The van der Waals surface area contributed by atoms with Crippen molar-refractivity contribution in [2.75, 3.05) is 0 Å². The lowest BCUT2D eigenvalue weighted by Crippen LogP contribution is -2.18. The van der Waals surface area contributed by atoms with Gasteiger partial charge in [-0.15, -0.1) is 0 Å². The number of benzene rings is 1. The lowest BCUT2D eigenvalue weighted by atomic mass is 9.79. The normalized spacial score (nSPS) is 11.5. The Morgan fingerprint density at radius 3 is 2.17 bits per heavy atom. The molecule has 0 radical (unpaired) electrons. The van der Waals surface area contributed by atoms with Crippen LogP contribution in [0.2, 0.25) is 0 Å². The zero-order valence-electron chi connectivity index (χ0n) is 11.5. The summed E-state index contributed by atoms with van der Waals surface area (Å²) in [5, 5.41) is 0. The van der Waals surface area contributed by atoms with Gasteiger partial charge < -0.3 is 0 Å². The van der Waals surface area contributed by atoms with Crippen LogP contribution < -0.4 is 0 Å². The van der Waals surface area contributed by atoms with E-state index in [4.69, 9.17) is 0 Å². The summed E-state index contributed by atoms with van der Waals surface area (Å²) >= 11 is 0. The van der Waals surface area contributed by atoms with Gasteiger partial charge in [-0.3, -0.25) is 4.98 Å². The van der Waals surface area contributed by atoms with Crippen LogP contribution in [0.4, 0.5) is 0 Å². The summed E-state index contributed by atoms with van der Waals surface area (Å²) in [7, 11) is 0. The smallest absolute Gasteiger partial charge is 0.0270 e. The Bertz CT molecular complexity index is 483. The number of hydrogen-bond donors (Lipinski definition) is 0. The van der Waals surface area contributed by atoms with Crippen LogP contribution in [0.3, 0.4) is 0 Å². The Morgan fingerprint density at radius 2 is 1.56 bits per heavy atom. The second-order valence-electron chi connectivity index (χ2n) is 5.61. The highest BCUT2D eigenvalue weighted by Gasteiger charge is 2.19. The minimum absolute atomic E-state index is 0.219. The molecule has 0 saturated heterocycles. The van der Waals surface area contributed by atoms with Gasteiger partial charge in [0, 0.05) is 12.4 Å². The molecule has 18 heavy (non-hydrogen) atoms. The molecule has 1 heteroatoms. The molecule has 0 saturated carbocycles. The van der Waals surface area contributed by atoms with Crippen molar-refractivity contribution < 1.29 is 0 Å². The van der Waals surface area contributed by atoms with Crippen LogP contribution in [-0.4, -0.2) is 4.98 Å². The third-order valence-corrected chi connectivity index (χ3v) is 3.62. The molecule has 0 aliphatic heterocycles. The van der Waals surface area contributed by atoms with Gasteiger partial charge >= 0.3 is 0 Å². The van der Waals surface area contributed by atoms with Crippen LogP contribution in [0, 0.1) is 6.92 Å². The van der Waals surface area contributed by atoms with Crippen molar-refractivity contribution in [3.05, 3.63) is 65.5 Å². The Kier molecular flexibility index (Phi) is 3.81. The minimum Gasteiger partial charge on any atom is -0.265 e. The highest BCUT2D eigenvalue weighted by atomic mass is 14.6. The fourth-order valence-corrected chi connectivity index (χ4v) is 2.16. The predicted octanol–water partition coefficient (Wildman–Crippen LogP) is 4.30. The van der Waals surface area contributed by atoms with Gasteiger partial charge in [-0.05, 0) is 48.4 Å². The van der Waals surface area contributed by atoms with Gasteiger partial charge in [0.05, 0.1) is 0 Å². The van der Waals surface area contributed by atoms with E-state index < -0.39 is 0 Å². The molecular formula is C17H21N. The van der Waals surface area contributed by atoms with Gasteiger partial charge in [0.25, 0.3) is 0 Å². The summed E-state index contributed by atoms with van der Waals surface area (Å²) in [6, 6.07) is 13.1. The molecule has 1 aromatic carbocycles. The van der Waals surface area contributed by atoms with E-state index in [1.54, 1.807) is 0 Å². The lowest BCUT2D eigenvalue weighted by molar-refractivity contribution is 0.480. The van der Waals surface area contributed by atoms with Crippen molar-refractivity contribution in [1.29, 1.82) is 0 Å². The van der Waals surface area contributed by atoms with Crippen LogP contribution in [0.1, 0.15) is 37.0 Å². The summed E-state index contributed by atoms with van der Waals surface area (Å²) in [5.74, 6) is 0. The number of aryl methyl sites for hydroxylation is 2. The highest BCUT2D eigenvalue weighted by molar-refractivity contribution is 5.27. The van der Waals surface area contributed by atoms with Crippen molar-refractivity contribution in [3.8, 4) is 0 Å². The average Bonchev–Trinajstić information content (AvgIpc) is 2.38. The topological polar surface area (TPSA) is 12.9 Å². The van der Waals surface area contributed by atoms with E-state index in [9.17, 15) is 0 Å². The average molecular weight is 239 g/mol. The minimum atomic E-state index is 0.219. The second kappa shape index (κ2) is 5.34. The first-order valence-electron chi connectivity index (χ1n) is 6.54. The van der Waals surface area contributed by atoms with Crippen molar-refractivity contribution in [2.24, 2.45) is 0 Å². The second-order valence-corrected chi connectivity index (χ2v) is 5.61.